The molecule has 0 bridgehead atoms. The van der Waals surface area contributed by atoms with Gasteiger partial charge in [-0.15, -0.1) is 10.2 Å². The van der Waals surface area contributed by atoms with Crippen molar-refractivity contribution in [1.82, 2.24) is 19.6 Å². The van der Waals surface area contributed by atoms with Gasteiger partial charge in [-0.3, -0.25) is 4.40 Å². The predicted octanol–water partition coefficient (Wildman–Crippen LogP) is 3.35. The molecule has 2 heterocycles. The average molecular weight is 328 g/mol. The number of rotatable bonds is 1. The van der Waals surface area contributed by atoms with Gasteiger partial charge in [0.1, 0.15) is 5.82 Å². The largest absolute Gasteiger partial charge is 0.278 e. The van der Waals surface area contributed by atoms with E-state index in [1.54, 1.807) is 22.7 Å². The Kier molecular flexibility index (Phi) is 2.76. The highest BCUT2D eigenvalue weighted by molar-refractivity contribution is 9.10. The van der Waals surface area contributed by atoms with E-state index in [4.69, 9.17) is 11.6 Å². The monoisotopic (exact) mass is 326 g/mol. The van der Waals surface area contributed by atoms with Crippen molar-refractivity contribution in [3.05, 3.63) is 46.0 Å². The quantitative estimate of drug-likeness (QED) is 0.688. The minimum Gasteiger partial charge on any atom is -0.278 e. The van der Waals surface area contributed by atoms with Gasteiger partial charge in [0, 0.05) is 18.0 Å². The van der Waals surface area contributed by atoms with E-state index in [-0.39, 0.29) is 11.0 Å². The first-order valence-corrected chi connectivity index (χ1v) is 6.14. The van der Waals surface area contributed by atoms with Crippen molar-refractivity contribution >= 4 is 33.2 Å². The normalized spacial score (nSPS) is 11.1. The van der Waals surface area contributed by atoms with E-state index in [1.165, 1.54) is 12.3 Å². The first kappa shape index (κ1) is 11.6. The van der Waals surface area contributed by atoms with Gasteiger partial charge >= 0.3 is 0 Å². The Labute approximate surface area is 115 Å². The minimum atomic E-state index is -0.357. The predicted molar refractivity (Wildman–Crippen MR) is 68.9 cm³/mol. The van der Waals surface area contributed by atoms with Gasteiger partial charge in [-0.1, -0.05) is 11.6 Å². The zero-order chi connectivity index (χ0) is 12.7. The van der Waals surface area contributed by atoms with Crippen LogP contribution in [0.25, 0.3) is 17.0 Å². The molecule has 0 aliphatic rings. The van der Waals surface area contributed by atoms with Crippen molar-refractivity contribution in [3.8, 4) is 11.4 Å². The highest BCUT2D eigenvalue weighted by atomic mass is 79.9. The van der Waals surface area contributed by atoms with Gasteiger partial charge in [-0.05, 0) is 34.1 Å². The van der Waals surface area contributed by atoms with Crippen molar-refractivity contribution in [2.75, 3.05) is 0 Å². The Hall–Kier alpha value is -1.53. The summed E-state index contributed by atoms with van der Waals surface area (Å²) in [5.74, 6) is 0.158. The fourth-order valence-corrected chi connectivity index (χ4v) is 2.06. The molecular formula is C11H5BrClFN4. The molecule has 0 fully saturated rings. The van der Waals surface area contributed by atoms with E-state index in [1.807, 2.05) is 0 Å². The zero-order valence-electron chi connectivity index (χ0n) is 8.81. The molecule has 0 aliphatic heterocycles. The van der Waals surface area contributed by atoms with Gasteiger partial charge in [0.15, 0.2) is 16.6 Å². The highest BCUT2D eigenvalue weighted by Gasteiger charge is 2.12. The second kappa shape index (κ2) is 4.29. The first-order valence-electron chi connectivity index (χ1n) is 4.97. The summed E-state index contributed by atoms with van der Waals surface area (Å²) in [5, 5.41) is 8.19. The molecule has 0 saturated heterocycles. The van der Waals surface area contributed by atoms with Crippen molar-refractivity contribution in [2.24, 2.45) is 0 Å². The summed E-state index contributed by atoms with van der Waals surface area (Å²) in [5.41, 5.74) is 1.06. The van der Waals surface area contributed by atoms with E-state index >= 15 is 0 Å². The molecule has 90 valence electrons. The summed E-state index contributed by atoms with van der Waals surface area (Å²) >= 11 is 9.00. The summed E-state index contributed by atoms with van der Waals surface area (Å²) in [7, 11) is 0. The van der Waals surface area contributed by atoms with E-state index in [0.717, 1.165) is 0 Å². The Bertz CT molecular complexity index is 743. The summed E-state index contributed by atoms with van der Waals surface area (Å²) < 4.78 is 15.6. The van der Waals surface area contributed by atoms with Crippen LogP contribution in [-0.2, 0) is 0 Å². The van der Waals surface area contributed by atoms with Gasteiger partial charge in [-0.2, -0.15) is 0 Å². The van der Waals surface area contributed by atoms with Crippen LogP contribution in [0, 0.1) is 5.82 Å². The second-order valence-electron chi connectivity index (χ2n) is 3.56. The highest BCUT2D eigenvalue weighted by Crippen LogP contribution is 2.24. The number of hydrogen-bond acceptors (Lipinski definition) is 3. The SMILES string of the molecule is Fc1cc(-c2nnc3c(Cl)nccn23)ccc1Br. The molecule has 0 aliphatic carbocycles. The zero-order valence-corrected chi connectivity index (χ0v) is 11.2. The standard InChI is InChI=1S/C11H5BrClFN4/c12-7-2-1-6(5-8(7)14)10-16-17-11-9(13)15-3-4-18(10)11/h1-5H. The maximum Gasteiger partial charge on any atom is 0.198 e. The third-order valence-corrected chi connectivity index (χ3v) is 3.37. The maximum absolute atomic E-state index is 13.5. The van der Waals surface area contributed by atoms with Crippen LogP contribution in [0.1, 0.15) is 0 Å². The number of halogens is 3. The van der Waals surface area contributed by atoms with Crippen molar-refractivity contribution in [3.63, 3.8) is 0 Å². The second-order valence-corrected chi connectivity index (χ2v) is 4.78. The lowest BCUT2D eigenvalue weighted by molar-refractivity contribution is 0.621. The third-order valence-electron chi connectivity index (χ3n) is 2.46. The molecule has 0 unspecified atom stereocenters. The molecule has 3 aromatic rings. The van der Waals surface area contributed by atoms with Crippen LogP contribution in [0.3, 0.4) is 0 Å². The van der Waals surface area contributed by atoms with Crippen LogP contribution < -0.4 is 0 Å². The first-order chi connectivity index (χ1) is 8.66. The van der Waals surface area contributed by atoms with Crippen molar-refractivity contribution < 1.29 is 4.39 Å². The van der Waals surface area contributed by atoms with Crippen LogP contribution in [-0.4, -0.2) is 19.6 Å². The molecule has 0 N–H and O–H groups in total. The summed E-state index contributed by atoms with van der Waals surface area (Å²) in [6.07, 6.45) is 3.22. The van der Waals surface area contributed by atoms with Gasteiger partial charge in [-0.25, -0.2) is 9.37 Å². The molecule has 4 nitrogen and oxygen atoms in total. The molecule has 0 saturated carbocycles. The van der Waals surface area contributed by atoms with Gasteiger partial charge in [0.25, 0.3) is 0 Å². The lowest BCUT2D eigenvalue weighted by atomic mass is 10.2. The number of hydrogen-bond donors (Lipinski definition) is 0. The molecule has 7 heteroatoms. The molecule has 0 atom stereocenters. The molecule has 0 radical (unpaired) electrons. The lowest BCUT2D eigenvalue weighted by Crippen LogP contribution is -1.91. The molecule has 0 amide bonds. The molecule has 2 aromatic heterocycles. The molecule has 18 heavy (non-hydrogen) atoms. The number of benzene rings is 1. The van der Waals surface area contributed by atoms with Crippen LogP contribution >= 0.6 is 27.5 Å². The molecule has 0 spiro atoms. The lowest BCUT2D eigenvalue weighted by Gasteiger charge is -2.01. The van der Waals surface area contributed by atoms with Gasteiger partial charge in [0.2, 0.25) is 0 Å². The minimum absolute atomic E-state index is 0.258. The Morgan fingerprint density at radius 3 is 2.89 bits per heavy atom. The van der Waals surface area contributed by atoms with Crippen molar-refractivity contribution in [2.45, 2.75) is 0 Å². The number of fused-ring (bicyclic) bond motifs is 1. The van der Waals surface area contributed by atoms with Crippen LogP contribution in [0.4, 0.5) is 4.39 Å². The van der Waals surface area contributed by atoms with Gasteiger partial charge in [0.05, 0.1) is 4.47 Å². The number of aromatic nitrogens is 4. The fourth-order valence-electron chi connectivity index (χ4n) is 1.63. The molecular weight excluding hydrogens is 323 g/mol. The summed E-state index contributed by atoms with van der Waals surface area (Å²) in [6, 6.07) is 4.75. The van der Waals surface area contributed by atoms with Gasteiger partial charge < -0.3 is 0 Å². The number of nitrogens with zero attached hydrogens (tertiary/aromatic N) is 4. The maximum atomic E-state index is 13.5. The fraction of sp³-hybridized carbons (Fsp3) is 0. The van der Waals surface area contributed by atoms with Crippen LogP contribution in [0.5, 0.6) is 0 Å². The Balaban J connectivity index is 2.25. The van der Waals surface area contributed by atoms with E-state index < -0.39 is 0 Å². The Morgan fingerprint density at radius 2 is 2.11 bits per heavy atom. The average Bonchev–Trinajstić information content (AvgIpc) is 2.78. The Morgan fingerprint density at radius 1 is 1.28 bits per heavy atom. The van der Waals surface area contributed by atoms with Crippen LogP contribution in [0.15, 0.2) is 35.1 Å². The summed E-state index contributed by atoms with van der Waals surface area (Å²) in [6.45, 7) is 0. The summed E-state index contributed by atoms with van der Waals surface area (Å²) in [4.78, 5) is 3.91. The smallest absolute Gasteiger partial charge is 0.198 e. The molecule has 1 aromatic carbocycles. The van der Waals surface area contributed by atoms with E-state index in [9.17, 15) is 4.39 Å². The van der Waals surface area contributed by atoms with Crippen LogP contribution in [0.2, 0.25) is 5.15 Å². The topological polar surface area (TPSA) is 43.1 Å². The van der Waals surface area contributed by atoms with E-state index in [0.29, 0.717) is 21.5 Å². The van der Waals surface area contributed by atoms with Crippen molar-refractivity contribution in [1.29, 1.82) is 0 Å². The van der Waals surface area contributed by atoms with E-state index in [2.05, 4.69) is 31.1 Å². The molecule has 3 rings (SSSR count). The third kappa shape index (κ3) is 1.77.